The van der Waals surface area contributed by atoms with Crippen LogP contribution in [0.25, 0.3) is 0 Å². The lowest BCUT2D eigenvalue weighted by molar-refractivity contribution is 0.102. The first-order valence-corrected chi connectivity index (χ1v) is 8.84. The average Bonchev–Trinajstić information content (AvgIpc) is 2.96. The molecule has 2 aromatic rings. The van der Waals surface area contributed by atoms with Crippen LogP contribution in [-0.2, 0) is 14.1 Å². The average molecular weight is 370 g/mol. The molecule has 0 aliphatic heterocycles. The molecular weight excluding hydrogens is 352 g/mol. The molecular formula is C13H18N6O3S2. The first-order valence-electron chi connectivity index (χ1n) is 7.04. The highest BCUT2D eigenvalue weighted by Gasteiger charge is 2.20. The Hall–Kier alpha value is -2.14. The van der Waals surface area contributed by atoms with Gasteiger partial charge in [-0.05, 0) is 13.8 Å². The molecule has 0 aliphatic rings. The standard InChI is InChI=1S/C13H18N6O3S2/c1-6(2)15-11-16-17-12(24-11)23-5-7(20)8-9(14)18(3)13(22)19(4)10(8)21/h6H,5,14H2,1-4H3,(H,15,16). The molecule has 0 radical (unpaired) electrons. The normalized spacial score (nSPS) is 11.0. The minimum absolute atomic E-state index is 0.0199. The summed E-state index contributed by atoms with van der Waals surface area (Å²) in [5, 5.41) is 11.7. The van der Waals surface area contributed by atoms with Crippen molar-refractivity contribution in [3.8, 4) is 0 Å². The number of aromatic nitrogens is 4. The van der Waals surface area contributed by atoms with E-state index in [9.17, 15) is 14.4 Å². The number of carbonyl (C=O) groups excluding carboxylic acids is 1. The number of nitrogens with two attached hydrogens (primary N) is 1. The summed E-state index contributed by atoms with van der Waals surface area (Å²) in [6.07, 6.45) is 0. The van der Waals surface area contributed by atoms with Gasteiger partial charge < -0.3 is 11.1 Å². The molecule has 0 amide bonds. The van der Waals surface area contributed by atoms with E-state index in [4.69, 9.17) is 5.73 Å². The zero-order valence-corrected chi connectivity index (χ0v) is 15.3. The number of ketones is 1. The van der Waals surface area contributed by atoms with Gasteiger partial charge in [-0.3, -0.25) is 18.7 Å². The van der Waals surface area contributed by atoms with Crippen LogP contribution in [0.15, 0.2) is 13.9 Å². The molecule has 0 fully saturated rings. The molecule has 0 saturated carbocycles. The molecule has 2 heterocycles. The molecule has 2 aromatic heterocycles. The van der Waals surface area contributed by atoms with Crippen molar-refractivity contribution in [1.82, 2.24) is 19.3 Å². The summed E-state index contributed by atoms with van der Waals surface area (Å²) in [7, 11) is 2.72. The predicted octanol–water partition coefficient (Wildman–Crippen LogP) is 0.313. The quantitative estimate of drug-likeness (QED) is 0.550. The minimum Gasteiger partial charge on any atom is -0.384 e. The Morgan fingerprint density at radius 1 is 1.29 bits per heavy atom. The Labute approximate surface area is 145 Å². The molecule has 0 atom stereocenters. The third-order valence-corrected chi connectivity index (χ3v) is 5.12. The summed E-state index contributed by atoms with van der Waals surface area (Å²) >= 11 is 2.49. The van der Waals surface area contributed by atoms with Gasteiger partial charge in [-0.2, -0.15) is 0 Å². The largest absolute Gasteiger partial charge is 0.384 e. The summed E-state index contributed by atoms with van der Waals surface area (Å²) in [5.74, 6) is -0.607. The van der Waals surface area contributed by atoms with Gasteiger partial charge in [0.25, 0.3) is 5.56 Å². The monoisotopic (exact) mass is 370 g/mol. The maximum Gasteiger partial charge on any atom is 0.332 e. The Morgan fingerprint density at radius 2 is 1.96 bits per heavy atom. The van der Waals surface area contributed by atoms with Gasteiger partial charge in [0.2, 0.25) is 5.13 Å². The van der Waals surface area contributed by atoms with E-state index in [1.54, 1.807) is 0 Å². The van der Waals surface area contributed by atoms with Crippen LogP contribution in [0.2, 0.25) is 0 Å². The van der Waals surface area contributed by atoms with Crippen molar-refractivity contribution in [1.29, 1.82) is 0 Å². The molecule has 0 aromatic carbocycles. The maximum atomic E-state index is 12.4. The number of rotatable bonds is 6. The molecule has 130 valence electrons. The molecule has 24 heavy (non-hydrogen) atoms. The molecule has 0 saturated heterocycles. The van der Waals surface area contributed by atoms with Gasteiger partial charge >= 0.3 is 5.69 Å². The van der Waals surface area contributed by atoms with Crippen molar-refractivity contribution in [3.05, 3.63) is 26.4 Å². The van der Waals surface area contributed by atoms with Gasteiger partial charge in [0.1, 0.15) is 11.4 Å². The highest BCUT2D eigenvalue weighted by atomic mass is 32.2. The van der Waals surface area contributed by atoms with Crippen LogP contribution in [0.3, 0.4) is 0 Å². The fraction of sp³-hybridized carbons (Fsp3) is 0.462. The number of anilines is 2. The van der Waals surface area contributed by atoms with Crippen molar-refractivity contribution in [2.45, 2.75) is 24.2 Å². The molecule has 2 rings (SSSR count). The Kier molecular flexibility index (Phi) is 5.44. The lowest BCUT2D eigenvalue weighted by Gasteiger charge is -2.10. The summed E-state index contributed by atoms with van der Waals surface area (Å²) in [4.78, 5) is 36.3. The van der Waals surface area contributed by atoms with Gasteiger partial charge in [0.15, 0.2) is 10.1 Å². The lowest BCUT2D eigenvalue weighted by atomic mass is 10.2. The Balaban J connectivity index is 2.18. The number of nitrogens with one attached hydrogen (secondary N) is 1. The minimum atomic E-state index is -0.694. The van der Waals surface area contributed by atoms with Crippen LogP contribution in [0.5, 0.6) is 0 Å². The molecule has 0 spiro atoms. The fourth-order valence-electron chi connectivity index (χ4n) is 1.89. The van der Waals surface area contributed by atoms with Crippen LogP contribution >= 0.6 is 23.1 Å². The third-order valence-electron chi connectivity index (χ3n) is 3.13. The topological polar surface area (TPSA) is 125 Å². The van der Waals surface area contributed by atoms with Crippen LogP contribution in [0.1, 0.15) is 24.2 Å². The van der Waals surface area contributed by atoms with Crippen molar-refractivity contribution < 1.29 is 4.79 Å². The third kappa shape index (κ3) is 3.67. The smallest absolute Gasteiger partial charge is 0.332 e. The molecule has 0 bridgehead atoms. The predicted molar refractivity (Wildman–Crippen MR) is 95.1 cm³/mol. The zero-order valence-electron chi connectivity index (χ0n) is 13.7. The maximum absolute atomic E-state index is 12.4. The van der Waals surface area contributed by atoms with Crippen molar-refractivity contribution >= 4 is 39.8 Å². The number of hydrogen-bond donors (Lipinski definition) is 2. The number of thioether (sulfide) groups is 1. The van der Waals surface area contributed by atoms with Gasteiger partial charge in [-0.25, -0.2) is 4.79 Å². The van der Waals surface area contributed by atoms with E-state index in [1.165, 1.54) is 37.2 Å². The highest BCUT2D eigenvalue weighted by Crippen LogP contribution is 2.26. The van der Waals surface area contributed by atoms with Gasteiger partial charge in [0, 0.05) is 20.1 Å². The van der Waals surface area contributed by atoms with Gasteiger partial charge in [0.05, 0.1) is 5.75 Å². The van der Waals surface area contributed by atoms with E-state index < -0.39 is 17.0 Å². The van der Waals surface area contributed by atoms with E-state index in [0.29, 0.717) is 9.47 Å². The Morgan fingerprint density at radius 3 is 2.58 bits per heavy atom. The summed E-state index contributed by atoms with van der Waals surface area (Å²) in [5.41, 5.74) is 4.32. The molecule has 0 unspecified atom stereocenters. The van der Waals surface area contributed by atoms with E-state index in [-0.39, 0.29) is 23.2 Å². The fourth-order valence-corrected chi connectivity index (χ4v) is 3.66. The highest BCUT2D eigenvalue weighted by molar-refractivity contribution is 8.01. The van der Waals surface area contributed by atoms with Crippen LogP contribution < -0.4 is 22.3 Å². The number of Topliss-reactive ketones (excluding diaryl/α,β-unsaturated/α-hetero) is 1. The molecule has 9 nitrogen and oxygen atoms in total. The van der Waals surface area contributed by atoms with Gasteiger partial charge in [-0.1, -0.05) is 23.1 Å². The van der Waals surface area contributed by atoms with E-state index >= 15 is 0 Å². The first-order chi connectivity index (χ1) is 11.2. The summed E-state index contributed by atoms with van der Waals surface area (Å²) in [6, 6.07) is 0.228. The Bertz CT molecular complexity index is 883. The molecule has 3 N–H and O–H groups in total. The SMILES string of the molecule is CC(C)Nc1nnc(SCC(=O)c2c(N)n(C)c(=O)n(C)c2=O)s1. The lowest BCUT2D eigenvalue weighted by Crippen LogP contribution is -2.41. The van der Waals surface area contributed by atoms with Crippen LogP contribution in [0, 0.1) is 0 Å². The van der Waals surface area contributed by atoms with Crippen molar-refractivity contribution in [3.63, 3.8) is 0 Å². The van der Waals surface area contributed by atoms with Crippen LogP contribution in [0.4, 0.5) is 10.9 Å². The van der Waals surface area contributed by atoms with Gasteiger partial charge in [-0.15, -0.1) is 10.2 Å². The molecule has 11 heteroatoms. The van der Waals surface area contributed by atoms with E-state index in [1.807, 2.05) is 13.8 Å². The van der Waals surface area contributed by atoms with Crippen molar-refractivity contribution in [2.24, 2.45) is 14.1 Å². The molecule has 0 aliphatic carbocycles. The van der Waals surface area contributed by atoms with E-state index in [2.05, 4.69) is 15.5 Å². The summed E-state index contributed by atoms with van der Waals surface area (Å²) in [6.45, 7) is 3.96. The number of nitrogen functional groups attached to an aromatic ring is 1. The second kappa shape index (κ2) is 7.18. The first kappa shape index (κ1) is 18.2. The number of nitrogens with zero attached hydrogens (tertiary/aromatic N) is 4. The second-order valence-corrected chi connectivity index (χ2v) is 7.55. The van der Waals surface area contributed by atoms with E-state index in [0.717, 1.165) is 9.13 Å². The second-order valence-electron chi connectivity index (χ2n) is 5.35. The summed E-state index contributed by atoms with van der Waals surface area (Å²) < 4.78 is 2.55. The van der Waals surface area contributed by atoms with Crippen LogP contribution in [-0.4, -0.2) is 36.9 Å². The number of hydrogen-bond acceptors (Lipinski definition) is 9. The number of carbonyl (C=O) groups is 1. The van der Waals surface area contributed by atoms with Crippen molar-refractivity contribution in [2.75, 3.05) is 16.8 Å². The zero-order chi connectivity index (χ0) is 18.0.